The summed E-state index contributed by atoms with van der Waals surface area (Å²) in [5, 5.41) is 6.96. The number of ether oxygens (including phenoxy) is 2. The highest BCUT2D eigenvalue weighted by Gasteiger charge is 2.26. The molecule has 134 valence electrons. The molecule has 3 rings (SSSR count). The molecule has 1 aliphatic heterocycles. The second-order valence-corrected chi connectivity index (χ2v) is 6.38. The number of hydrogen-bond donors (Lipinski definition) is 1. The lowest BCUT2D eigenvalue weighted by atomic mass is 9.96. The highest BCUT2D eigenvalue weighted by Crippen LogP contribution is 2.31. The Morgan fingerprint density at radius 3 is 2.96 bits per heavy atom. The van der Waals surface area contributed by atoms with Crippen molar-refractivity contribution in [1.29, 1.82) is 0 Å². The summed E-state index contributed by atoms with van der Waals surface area (Å²) in [6, 6.07) is 5.73. The van der Waals surface area contributed by atoms with Crippen LogP contribution >= 0.6 is 0 Å². The number of aromatic nitrogens is 1. The predicted octanol–water partition coefficient (Wildman–Crippen LogP) is 2.60. The first-order valence-corrected chi connectivity index (χ1v) is 8.57. The van der Waals surface area contributed by atoms with E-state index in [4.69, 9.17) is 14.0 Å². The lowest BCUT2D eigenvalue weighted by Gasteiger charge is -2.25. The van der Waals surface area contributed by atoms with E-state index in [1.165, 1.54) is 0 Å². The molecule has 1 unspecified atom stereocenters. The van der Waals surface area contributed by atoms with Crippen molar-refractivity contribution in [3.05, 3.63) is 40.8 Å². The van der Waals surface area contributed by atoms with Gasteiger partial charge in [0.1, 0.15) is 23.9 Å². The quantitative estimate of drug-likeness (QED) is 0.816. The fourth-order valence-corrected chi connectivity index (χ4v) is 3.13. The fraction of sp³-hybridized carbons (Fsp3) is 0.474. The molecular weight excluding hydrogens is 320 g/mol. The molecule has 0 aliphatic carbocycles. The SMILES string of the molecule is COc1ccc2c(c1)OCC(C(=O)NCCCc1c(C)noc1C)C2. The molecule has 6 nitrogen and oxygen atoms in total. The Labute approximate surface area is 147 Å². The Morgan fingerprint density at radius 1 is 1.40 bits per heavy atom. The number of amides is 1. The third-order valence-corrected chi connectivity index (χ3v) is 4.64. The maximum absolute atomic E-state index is 12.4. The summed E-state index contributed by atoms with van der Waals surface area (Å²) >= 11 is 0. The molecule has 1 N–H and O–H groups in total. The van der Waals surface area contributed by atoms with E-state index in [1.54, 1.807) is 7.11 Å². The van der Waals surface area contributed by atoms with E-state index in [2.05, 4.69) is 10.5 Å². The van der Waals surface area contributed by atoms with Gasteiger partial charge in [0.2, 0.25) is 5.91 Å². The molecule has 0 spiro atoms. The lowest BCUT2D eigenvalue weighted by molar-refractivity contribution is -0.126. The summed E-state index contributed by atoms with van der Waals surface area (Å²) in [4.78, 5) is 12.4. The van der Waals surface area contributed by atoms with Crippen LogP contribution in [0.4, 0.5) is 0 Å². The van der Waals surface area contributed by atoms with Gasteiger partial charge < -0.3 is 19.3 Å². The summed E-state index contributed by atoms with van der Waals surface area (Å²) < 4.78 is 16.1. The van der Waals surface area contributed by atoms with E-state index >= 15 is 0 Å². The van der Waals surface area contributed by atoms with Gasteiger partial charge in [-0.05, 0) is 44.7 Å². The van der Waals surface area contributed by atoms with Crippen LogP contribution in [0.2, 0.25) is 0 Å². The Balaban J connectivity index is 1.47. The zero-order valence-corrected chi connectivity index (χ0v) is 14.9. The largest absolute Gasteiger partial charge is 0.497 e. The number of carbonyl (C=O) groups is 1. The molecule has 0 fully saturated rings. The van der Waals surface area contributed by atoms with Crippen LogP contribution < -0.4 is 14.8 Å². The fourth-order valence-electron chi connectivity index (χ4n) is 3.13. The van der Waals surface area contributed by atoms with Crippen LogP contribution in [0.25, 0.3) is 0 Å². The molecule has 1 aromatic heterocycles. The second-order valence-electron chi connectivity index (χ2n) is 6.38. The zero-order valence-electron chi connectivity index (χ0n) is 14.9. The van der Waals surface area contributed by atoms with Crippen LogP contribution in [0, 0.1) is 19.8 Å². The summed E-state index contributed by atoms with van der Waals surface area (Å²) in [5.41, 5.74) is 3.11. The van der Waals surface area contributed by atoms with Crippen molar-refractivity contribution < 1.29 is 18.8 Å². The topological polar surface area (TPSA) is 73.6 Å². The highest BCUT2D eigenvalue weighted by molar-refractivity contribution is 5.79. The molecule has 0 bridgehead atoms. The third kappa shape index (κ3) is 3.95. The van der Waals surface area contributed by atoms with Crippen LogP contribution in [-0.2, 0) is 17.6 Å². The highest BCUT2D eigenvalue weighted by atomic mass is 16.5. The Bertz CT molecular complexity index is 734. The molecule has 0 radical (unpaired) electrons. The zero-order chi connectivity index (χ0) is 17.8. The van der Waals surface area contributed by atoms with Crippen LogP contribution in [0.3, 0.4) is 0 Å². The first kappa shape index (κ1) is 17.3. The number of nitrogens with zero attached hydrogens (tertiary/aromatic N) is 1. The summed E-state index contributed by atoms with van der Waals surface area (Å²) in [7, 11) is 1.63. The molecule has 0 saturated carbocycles. The average molecular weight is 344 g/mol. The lowest BCUT2D eigenvalue weighted by Crippen LogP contribution is -2.37. The second kappa shape index (κ2) is 7.59. The van der Waals surface area contributed by atoms with Gasteiger partial charge in [0.05, 0.1) is 18.7 Å². The van der Waals surface area contributed by atoms with Crippen LogP contribution in [0.5, 0.6) is 11.5 Å². The number of nitrogens with one attached hydrogen (secondary N) is 1. The molecule has 2 aromatic rings. The molecule has 0 saturated heterocycles. The molecule has 1 amide bonds. The first-order valence-electron chi connectivity index (χ1n) is 8.57. The number of fused-ring (bicyclic) bond motifs is 1. The van der Waals surface area contributed by atoms with Gasteiger partial charge in [0.15, 0.2) is 0 Å². The molecule has 1 aromatic carbocycles. The number of methoxy groups -OCH3 is 1. The molecular formula is C19H24N2O4. The Hall–Kier alpha value is -2.50. The van der Waals surface area contributed by atoms with Crippen molar-refractivity contribution in [2.45, 2.75) is 33.1 Å². The Kier molecular flexibility index (Phi) is 5.26. The number of hydrogen-bond acceptors (Lipinski definition) is 5. The van der Waals surface area contributed by atoms with Gasteiger partial charge in [-0.2, -0.15) is 0 Å². The monoisotopic (exact) mass is 344 g/mol. The number of carbonyl (C=O) groups excluding carboxylic acids is 1. The van der Waals surface area contributed by atoms with Crippen LogP contribution in [0.15, 0.2) is 22.7 Å². The van der Waals surface area contributed by atoms with E-state index in [9.17, 15) is 4.79 Å². The predicted molar refractivity (Wildman–Crippen MR) is 93.0 cm³/mol. The molecule has 2 heterocycles. The minimum absolute atomic E-state index is 0.0419. The maximum Gasteiger partial charge on any atom is 0.226 e. The van der Waals surface area contributed by atoms with Crippen molar-refractivity contribution in [2.75, 3.05) is 20.3 Å². The van der Waals surface area contributed by atoms with Crippen molar-refractivity contribution >= 4 is 5.91 Å². The van der Waals surface area contributed by atoms with Gasteiger partial charge in [0, 0.05) is 18.2 Å². The Morgan fingerprint density at radius 2 is 2.24 bits per heavy atom. The molecule has 25 heavy (non-hydrogen) atoms. The molecule has 1 aliphatic rings. The molecule has 6 heteroatoms. The van der Waals surface area contributed by atoms with E-state index < -0.39 is 0 Å². The third-order valence-electron chi connectivity index (χ3n) is 4.64. The average Bonchev–Trinajstić information content (AvgIpc) is 2.95. The van der Waals surface area contributed by atoms with Gasteiger partial charge in [-0.25, -0.2) is 0 Å². The smallest absolute Gasteiger partial charge is 0.226 e. The van der Waals surface area contributed by atoms with Crippen LogP contribution in [-0.4, -0.2) is 31.3 Å². The first-order chi connectivity index (χ1) is 12.1. The van der Waals surface area contributed by atoms with Gasteiger partial charge in [-0.15, -0.1) is 0 Å². The van der Waals surface area contributed by atoms with E-state index in [0.29, 0.717) is 19.6 Å². The maximum atomic E-state index is 12.4. The number of rotatable bonds is 6. The van der Waals surface area contributed by atoms with Crippen LogP contribution in [0.1, 0.15) is 29.0 Å². The minimum Gasteiger partial charge on any atom is -0.497 e. The van der Waals surface area contributed by atoms with Gasteiger partial charge in [-0.3, -0.25) is 4.79 Å². The summed E-state index contributed by atoms with van der Waals surface area (Å²) in [6.07, 6.45) is 2.40. The number of aryl methyl sites for hydroxylation is 2. The standard InChI is InChI=1S/C19H24N2O4/c1-12-17(13(2)25-21-12)5-4-8-20-19(22)15-9-14-6-7-16(23-3)10-18(14)24-11-15/h6-7,10,15H,4-5,8-9,11H2,1-3H3,(H,20,22). The summed E-state index contributed by atoms with van der Waals surface area (Å²) in [5.74, 6) is 2.32. The van der Waals surface area contributed by atoms with Crippen molar-refractivity contribution in [2.24, 2.45) is 5.92 Å². The van der Waals surface area contributed by atoms with E-state index in [0.717, 1.165) is 46.9 Å². The van der Waals surface area contributed by atoms with E-state index in [-0.39, 0.29) is 11.8 Å². The number of benzene rings is 1. The summed E-state index contributed by atoms with van der Waals surface area (Å²) in [6.45, 7) is 4.89. The van der Waals surface area contributed by atoms with Gasteiger partial charge in [0.25, 0.3) is 0 Å². The normalized spacial score (nSPS) is 16.0. The minimum atomic E-state index is -0.153. The van der Waals surface area contributed by atoms with Gasteiger partial charge >= 0.3 is 0 Å². The van der Waals surface area contributed by atoms with Gasteiger partial charge in [-0.1, -0.05) is 11.2 Å². The molecule has 1 atom stereocenters. The van der Waals surface area contributed by atoms with Crippen molar-refractivity contribution in [1.82, 2.24) is 10.5 Å². The van der Waals surface area contributed by atoms with E-state index in [1.807, 2.05) is 32.0 Å². The van der Waals surface area contributed by atoms with Crippen molar-refractivity contribution in [3.8, 4) is 11.5 Å². The van der Waals surface area contributed by atoms with Crippen molar-refractivity contribution in [3.63, 3.8) is 0 Å².